The van der Waals surface area contributed by atoms with Crippen LogP contribution in [0, 0.1) is 11.3 Å². The lowest BCUT2D eigenvalue weighted by atomic mass is 10.2. The van der Waals surface area contributed by atoms with Gasteiger partial charge in [-0.25, -0.2) is 4.98 Å². The van der Waals surface area contributed by atoms with Crippen LogP contribution in [0.2, 0.25) is 0 Å². The Morgan fingerprint density at radius 3 is 2.86 bits per heavy atom. The van der Waals surface area contributed by atoms with Crippen LogP contribution in [-0.2, 0) is 6.54 Å². The van der Waals surface area contributed by atoms with Crippen molar-refractivity contribution in [1.82, 2.24) is 19.7 Å². The van der Waals surface area contributed by atoms with E-state index in [9.17, 15) is 0 Å². The number of hydrogen-bond donors (Lipinski definition) is 0. The molecule has 0 spiro atoms. The second kappa shape index (κ2) is 5.71. The molecule has 0 aliphatic carbocycles. The number of rotatable bonds is 4. The Balaban J connectivity index is 2.20. The summed E-state index contributed by atoms with van der Waals surface area (Å²) in [5.74, 6) is 0.878. The van der Waals surface area contributed by atoms with Gasteiger partial charge in [0, 0.05) is 12.1 Å². The molecule has 21 heavy (non-hydrogen) atoms. The maximum atomic E-state index is 9.03. The molecule has 0 saturated heterocycles. The Hall–Kier alpha value is -2.74. The van der Waals surface area contributed by atoms with Crippen molar-refractivity contribution >= 4 is 11.0 Å². The predicted octanol–water partition coefficient (Wildman–Crippen LogP) is 3.17. The average molecular weight is 277 g/mol. The van der Waals surface area contributed by atoms with Gasteiger partial charge < -0.3 is 4.57 Å². The van der Waals surface area contributed by atoms with Gasteiger partial charge in [-0.15, -0.1) is 0 Å². The Kier molecular flexibility index (Phi) is 3.61. The number of imidazole rings is 1. The van der Waals surface area contributed by atoms with Crippen molar-refractivity contribution in [3.05, 3.63) is 42.2 Å². The van der Waals surface area contributed by atoms with E-state index >= 15 is 0 Å². The van der Waals surface area contributed by atoms with E-state index in [1.807, 2.05) is 24.3 Å². The summed E-state index contributed by atoms with van der Waals surface area (Å²) in [4.78, 5) is 4.69. The van der Waals surface area contributed by atoms with Crippen LogP contribution in [-0.4, -0.2) is 19.7 Å². The second-order valence-electron chi connectivity index (χ2n) is 4.89. The lowest BCUT2D eigenvalue weighted by Crippen LogP contribution is -2.01. The standard InChI is InChI=1S/C16H15N5/c1-2-3-8-21-15-5-4-12(10-17)9-14(15)20-16(21)13-6-7-18-19-11-13/h4-7,9,11H,2-3,8H2,1H3. The smallest absolute Gasteiger partial charge is 0.142 e. The molecule has 0 fully saturated rings. The molecule has 3 aromatic rings. The zero-order chi connectivity index (χ0) is 14.7. The summed E-state index contributed by atoms with van der Waals surface area (Å²) in [6, 6.07) is 9.69. The van der Waals surface area contributed by atoms with E-state index < -0.39 is 0 Å². The van der Waals surface area contributed by atoms with Crippen LogP contribution in [0.15, 0.2) is 36.7 Å². The maximum absolute atomic E-state index is 9.03. The Labute approximate surface area is 122 Å². The third-order valence-corrected chi connectivity index (χ3v) is 3.46. The van der Waals surface area contributed by atoms with Crippen LogP contribution in [0.5, 0.6) is 0 Å². The van der Waals surface area contributed by atoms with Crippen molar-refractivity contribution in [3.63, 3.8) is 0 Å². The molecule has 0 atom stereocenters. The summed E-state index contributed by atoms with van der Waals surface area (Å²) < 4.78 is 2.19. The van der Waals surface area contributed by atoms with Crippen molar-refractivity contribution < 1.29 is 0 Å². The van der Waals surface area contributed by atoms with E-state index in [1.165, 1.54) is 0 Å². The number of aromatic nitrogens is 4. The molecule has 5 heteroatoms. The predicted molar refractivity (Wildman–Crippen MR) is 80.4 cm³/mol. The highest BCUT2D eigenvalue weighted by atomic mass is 15.1. The van der Waals surface area contributed by atoms with Gasteiger partial charge in [0.25, 0.3) is 0 Å². The third-order valence-electron chi connectivity index (χ3n) is 3.46. The van der Waals surface area contributed by atoms with Gasteiger partial charge in [-0.2, -0.15) is 15.5 Å². The molecule has 0 N–H and O–H groups in total. The van der Waals surface area contributed by atoms with E-state index in [-0.39, 0.29) is 0 Å². The summed E-state index contributed by atoms with van der Waals surface area (Å²) in [5, 5.41) is 16.8. The first-order chi connectivity index (χ1) is 10.3. The van der Waals surface area contributed by atoms with Gasteiger partial charge in [-0.3, -0.25) is 0 Å². The maximum Gasteiger partial charge on any atom is 0.142 e. The molecule has 104 valence electrons. The van der Waals surface area contributed by atoms with Gasteiger partial charge in [0.2, 0.25) is 0 Å². The van der Waals surface area contributed by atoms with Gasteiger partial charge in [-0.1, -0.05) is 13.3 Å². The van der Waals surface area contributed by atoms with Crippen molar-refractivity contribution in [2.45, 2.75) is 26.3 Å². The van der Waals surface area contributed by atoms with Crippen LogP contribution in [0.3, 0.4) is 0 Å². The molecular weight excluding hydrogens is 262 g/mol. The van der Waals surface area contributed by atoms with E-state index in [0.717, 1.165) is 41.8 Å². The molecule has 0 aliphatic heterocycles. The van der Waals surface area contributed by atoms with E-state index in [4.69, 9.17) is 5.26 Å². The number of benzene rings is 1. The van der Waals surface area contributed by atoms with Crippen molar-refractivity contribution in [2.24, 2.45) is 0 Å². The van der Waals surface area contributed by atoms with Crippen LogP contribution in [0.1, 0.15) is 25.3 Å². The number of unbranched alkanes of at least 4 members (excludes halogenated alkanes) is 1. The number of nitriles is 1. The first-order valence-corrected chi connectivity index (χ1v) is 7.01. The van der Waals surface area contributed by atoms with Gasteiger partial charge in [0.05, 0.1) is 35.1 Å². The molecule has 3 rings (SSSR count). The first-order valence-electron chi connectivity index (χ1n) is 7.01. The Morgan fingerprint density at radius 2 is 2.14 bits per heavy atom. The third kappa shape index (κ3) is 2.48. The SMILES string of the molecule is CCCCn1c(-c2ccnnc2)nc2cc(C#N)ccc21. The lowest BCUT2D eigenvalue weighted by molar-refractivity contribution is 0.651. The van der Waals surface area contributed by atoms with Gasteiger partial charge in [-0.05, 0) is 30.7 Å². The van der Waals surface area contributed by atoms with Crippen molar-refractivity contribution in [3.8, 4) is 17.5 Å². The fourth-order valence-electron chi connectivity index (χ4n) is 2.39. The molecular formula is C16H15N5. The molecule has 1 aromatic carbocycles. The fraction of sp³-hybridized carbons (Fsp3) is 0.250. The highest BCUT2D eigenvalue weighted by Gasteiger charge is 2.13. The number of fused-ring (bicyclic) bond motifs is 1. The van der Waals surface area contributed by atoms with Gasteiger partial charge in [0.15, 0.2) is 0 Å². The zero-order valence-corrected chi connectivity index (χ0v) is 11.8. The molecule has 0 aliphatic rings. The van der Waals surface area contributed by atoms with Crippen molar-refractivity contribution in [2.75, 3.05) is 0 Å². The molecule has 0 amide bonds. The second-order valence-corrected chi connectivity index (χ2v) is 4.89. The fourth-order valence-corrected chi connectivity index (χ4v) is 2.39. The summed E-state index contributed by atoms with van der Waals surface area (Å²) in [7, 11) is 0. The molecule has 2 aromatic heterocycles. The molecule has 0 unspecified atom stereocenters. The van der Waals surface area contributed by atoms with Crippen LogP contribution >= 0.6 is 0 Å². The number of aryl methyl sites for hydroxylation is 1. The molecule has 5 nitrogen and oxygen atoms in total. The van der Waals surface area contributed by atoms with E-state index in [0.29, 0.717) is 5.56 Å². The topological polar surface area (TPSA) is 67.4 Å². The van der Waals surface area contributed by atoms with Crippen LogP contribution < -0.4 is 0 Å². The number of hydrogen-bond acceptors (Lipinski definition) is 4. The highest BCUT2D eigenvalue weighted by molar-refractivity contribution is 5.81. The zero-order valence-electron chi connectivity index (χ0n) is 11.8. The summed E-state index contributed by atoms with van der Waals surface area (Å²) in [6.07, 6.45) is 5.58. The lowest BCUT2D eigenvalue weighted by Gasteiger charge is -2.08. The molecule has 0 radical (unpaired) electrons. The Bertz CT molecular complexity index is 799. The first kappa shape index (κ1) is 13.3. The van der Waals surface area contributed by atoms with Gasteiger partial charge >= 0.3 is 0 Å². The van der Waals surface area contributed by atoms with E-state index in [1.54, 1.807) is 12.4 Å². The number of nitrogens with zero attached hydrogens (tertiary/aromatic N) is 5. The van der Waals surface area contributed by atoms with Crippen molar-refractivity contribution in [1.29, 1.82) is 5.26 Å². The minimum atomic E-state index is 0.627. The van der Waals surface area contributed by atoms with Gasteiger partial charge in [0.1, 0.15) is 5.82 Å². The minimum Gasteiger partial charge on any atom is -0.324 e. The molecule has 0 saturated carbocycles. The van der Waals surface area contributed by atoms with E-state index in [2.05, 4.69) is 32.7 Å². The normalized spacial score (nSPS) is 10.7. The average Bonchev–Trinajstić information content (AvgIpc) is 2.91. The molecule has 2 heterocycles. The summed E-state index contributed by atoms with van der Waals surface area (Å²) in [6.45, 7) is 3.07. The monoisotopic (exact) mass is 277 g/mol. The summed E-state index contributed by atoms with van der Waals surface area (Å²) in [5.41, 5.74) is 3.46. The van der Waals surface area contributed by atoms with Crippen LogP contribution in [0.4, 0.5) is 0 Å². The summed E-state index contributed by atoms with van der Waals surface area (Å²) >= 11 is 0. The Morgan fingerprint density at radius 1 is 1.24 bits per heavy atom. The van der Waals surface area contributed by atoms with Crippen LogP contribution in [0.25, 0.3) is 22.4 Å². The quantitative estimate of drug-likeness (QED) is 0.734. The molecule has 0 bridgehead atoms. The minimum absolute atomic E-state index is 0.627. The highest BCUT2D eigenvalue weighted by Crippen LogP contribution is 2.25. The largest absolute Gasteiger partial charge is 0.324 e.